The van der Waals surface area contributed by atoms with Crippen molar-refractivity contribution in [2.45, 2.75) is 63.3 Å². The zero-order chi connectivity index (χ0) is 31.6. The van der Waals surface area contributed by atoms with Gasteiger partial charge >= 0.3 is 11.9 Å². The molecule has 0 aliphatic carbocycles. The normalized spacial score (nSPS) is 21.2. The van der Waals surface area contributed by atoms with Gasteiger partial charge in [-0.25, -0.2) is 0 Å². The lowest BCUT2D eigenvalue weighted by atomic mass is 9.74. The number of anilines is 2. The molecule has 0 bridgehead atoms. The number of para-hydroxylation sites is 1. The summed E-state index contributed by atoms with van der Waals surface area (Å²) in [5.41, 5.74) is 4.43. The second-order valence-corrected chi connectivity index (χ2v) is 12.4. The first kappa shape index (κ1) is 30.9. The van der Waals surface area contributed by atoms with Gasteiger partial charge in [-0.05, 0) is 46.5 Å². The van der Waals surface area contributed by atoms with E-state index in [9.17, 15) is 24.6 Å². The number of allylic oxidation sites excluding steroid dienone is 3. The highest BCUT2D eigenvalue weighted by atomic mass is 16.4. The van der Waals surface area contributed by atoms with Gasteiger partial charge < -0.3 is 25.3 Å². The summed E-state index contributed by atoms with van der Waals surface area (Å²) in [6.07, 6.45) is 7.15. The topological polar surface area (TPSA) is 110 Å². The van der Waals surface area contributed by atoms with Gasteiger partial charge in [0.2, 0.25) is 5.91 Å². The molecule has 0 saturated carbocycles. The van der Waals surface area contributed by atoms with Crippen molar-refractivity contribution in [1.82, 2.24) is 5.32 Å². The van der Waals surface area contributed by atoms with Crippen LogP contribution in [0.25, 0.3) is 10.8 Å². The smallest absolute Gasteiger partial charge is 0.305 e. The average molecular weight is 596 g/mol. The Labute approximate surface area is 258 Å². The summed E-state index contributed by atoms with van der Waals surface area (Å²) in [6, 6.07) is 20.3. The third-order valence-corrected chi connectivity index (χ3v) is 9.38. The maximum atomic E-state index is 12.4. The van der Waals surface area contributed by atoms with Crippen LogP contribution in [-0.4, -0.2) is 54.2 Å². The van der Waals surface area contributed by atoms with E-state index >= 15 is 0 Å². The average Bonchev–Trinajstić information content (AvgIpc) is 3.37. The van der Waals surface area contributed by atoms with E-state index in [0.29, 0.717) is 25.9 Å². The molecule has 3 aromatic rings. The Bertz CT molecular complexity index is 1660. The summed E-state index contributed by atoms with van der Waals surface area (Å²) in [5.74, 6) is -1.75. The van der Waals surface area contributed by atoms with Crippen molar-refractivity contribution in [2.75, 3.05) is 29.9 Å². The van der Waals surface area contributed by atoms with E-state index < -0.39 is 22.8 Å². The summed E-state index contributed by atoms with van der Waals surface area (Å²) < 4.78 is 0. The molecule has 5 rings (SSSR count). The molecule has 8 nitrogen and oxygen atoms in total. The Morgan fingerprint density at radius 3 is 2.27 bits per heavy atom. The Morgan fingerprint density at radius 2 is 1.55 bits per heavy atom. The summed E-state index contributed by atoms with van der Waals surface area (Å²) >= 11 is 0. The molecule has 8 heteroatoms. The van der Waals surface area contributed by atoms with Crippen molar-refractivity contribution in [1.29, 1.82) is 0 Å². The van der Waals surface area contributed by atoms with Crippen molar-refractivity contribution in [3.8, 4) is 0 Å². The van der Waals surface area contributed by atoms with E-state index in [0.717, 1.165) is 33.4 Å². The minimum atomic E-state index is -0.863. The molecule has 2 aliphatic rings. The Balaban J connectivity index is 1.58. The van der Waals surface area contributed by atoms with E-state index in [1.165, 1.54) is 5.56 Å². The van der Waals surface area contributed by atoms with Crippen molar-refractivity contribution >= 4 is 40.0 Å². The monoisotopic (exact) mass is 595 g/mol. The van der Waals surface area contributed by atoms with Crippen LogP contribution in [0.15, 0.2) is 84.6 Å². The van der Waals surface area contributed by atoms with Crippen LogP contribution in [0, 0.1) is 0 Å². The number of amides is 1. The molecule has 0 aromatic heterocycles. The highest BCUT2D eigenvalue weighted by Gasteiger charge is 2.46. The molecular weight excluding hydrogens is 554 g/mol. The van der Waals surface area contributed by atoms with E-state index in [-0.39, 0.29) is 24.8 Å². The quantitative estimate of drug-likeness (QED) is 0.249. The largest absolute Gasteiger partial charge is 0.481 e. The molecule has 230 valence electrons. The Kier molecular flexibility index (Phi) is 8.55. The third kappa shape index (κ3) is 5.56. The van der Waals surface area contributed by atoms with Crippen LogP contribution in [0.3, 0.4) is 0 Å². The van der Waals surface area contributed by atoms with Crippen LogP contribution in [0.1, 0.15) is 57.6 Å². The van der Waals surface area contributed by atoms with Crippen molar-refractivity contribution in [3.63, 3.8) is 0 Å². The fraction of sp³-hybridized carbons (Fsp3) is 0.361. The molecule has 3 aromatic carbocycles. The van der Waals surface area contributed by atoms with Gasteiger partial charge in [-0.3, -0.25) is 14.4 Å². The zero-order valence-corrected chi connectivity index (χ0v) is 25.8. The maximum Gasteiger partial charge on any atom is 0.305 e. The van der Waals surface area contributed by atoms with E-state index in [1.54, 1.807) is 7.05 Å². The van der Waals surface area contributed by atoms with Crippen LogP contribution >= 0.6 is 0 Å². The third-order valence-electron chi connectivity index (χ3n) is 9.38. The molecule has 0 saturated heterocycles. The summed E-state index contributed by atoms with van der Waals surface area (Å²) in [7, 11) is 1.64. The number of carbonyl (C=O) groups excluding carboxylic acids is 1. The van der Waals surface area contributed by atoms with Crippen LogP contribution in [0.4, 0.5) is 11.4 Å². The fourth-order valence-corrected chi connectivity index (χ4v) is 7.17. The van der Waals surface area contributed by atoms with Gasteiger partial charge in [-0.15, -0.1) is 0 Å². The summed E-state index contributed by atoms with van der Waals surface area (Å²) in [4.78, 5) is 39.9. The lowest BCUT2D eigenvalue weighted by Gasteiger charge is -2.35. The molecular formula is C36H41N3O5. The van der Waals surface area contributed by atoms with Gasteiger partial charge in [0.25, 0.3) is 0 Å². The number of nitrogens with one attached hydrogen (secondary N) is 1. The SMILES string of the molecule is CNC(=O)CCC1(C)c2ccccc2N(CCC(=O)O)C1/C=C/C=C1/N(CCC(=O)O)c2ccc3ccccc3c2C1(C)C. The van der Waals surface area contributed by atoms with E-state index in [2.05, 4.69) is 78.4 Å². The number of nitrogens with zero attached hydrogens (tertiary/aromatic N) is 2. The van der Waals surface area contributed by atoms with Crippen molar-refractivity contribution in [3.05, 3.63) is 95.7 Å². The molecule has 44 heavy (non-hydrogen) atoms. The number of carboxylic acids is 2. The molecule has 0 radical (unpaired) electrons. The molecule has 0 fully saturated rings. The number of fused-ring (bicyclic) bond motifs is 4. The van der Waals surface area contributed by atoms with Crippen LogP contribution in [-0.2, 0) is 25.2 Å². The second kappa shape index (κ2) is 12.2. The predicted molar refractivity (Wildman–Crippen MR) is 174 cm³/mol. The molecule has 2 heterocycles. The van der Waals surface area contributed by atoms with E-state index in [4.69, 9.17) is 0 Å². The zero-order valence-electron chi connectivity index (χ0n) is 25.8. The maximum absolute atomic E-state index is 12.4. The van der Waals surface area contributed by atoms with Gasteiger partial charge in [0.15, 0.2) is 0 Å². The van der Waals surface area contributed by atoms with Crippen molar-refractivity contribution in [2.24, 2.45) is 0 Å². The first-order valence-electron chi connectivity index (χ1n) is 15.2. The molecule has 2 aliphatic heterocycles. The number of hydrogen-bond donors (Lipinski definition) is 3. The second-order valence-electron chi connectivity index (χ2n) is 12.4. The fourth-order valence-electron chi connectivity index (χ4n) is 7.17. The first-order valence-corrected chi connectivity index (χ1v) is 15.2. The van der Waals surface area contributed by atoms with Gasteiger partial charge in [-0.1, -0.05) is 81.5 Å². The number of rotatable bonds is 11. The van der Waals surface area contributed by atoms with Gasteiger partial charge in [0.05, 0.1) is 18.9 Å². The Hall–Kier alpha value is -4.59. The van der Waals surface area contributed by atoms with Crippen LogP contribution in [0.2, 0.25) is 0 Å². The molecule has 3 N–H and O–H groups in total. The molecule has 2 unspecified atom stereocenters. The summed E-state index contributed by atoms with van der Waals surface area (Å²) in [6.45, 7) is 7.18. The van der Waals surface area contributed by atoms with Gasteiger partial charge in [0, 0.05) is 54.5 Å². The lowest BCUT2D eigenvalue weighted by Crippen LogP contribution is -2.43. The van der Waals surface area contributed by atoms with Crippen LogP contribution in [0.5, 0.6) is 0 Å². The van der Waals surface area contributed by atoms with Crippen molar-refractivity contribution < 1.29 is 24.6 Å². The number of hydrogen-bond acceptors (Lipinski definition) is 5. The minimum Gasteiger partial charge on any atom is -0.481 e. The lowest BCUT2D eigenvalue weighted by molar-refractivity contribution is -0.137. The van der Waals surface area contributed by atoms with Crippen LogP contribution < -0.4 is 15.1 Å². The predicted octanol–water partition coefficient (Wildman–Crippen LogP) is 6.00. The number of carboxylic acid groups (broad SMARTS) is 2. The molecule has 0 spiro atoms. The first-order chi connectivity index (χ1) is 21.0. The highest BCUT2D eigenvalue weighted by molar-refractivity contribution is 5.95. The highest BCUT2D eigenvalue weighted by Crippen LogP contribution is 2.51. The standard InChI is InChI=1S/C36H41N3O5/c1-35(2)29(39(23-20-33(43)44)28-17-16-24-10-5-6-11-25(24)34(28)35)14-9-15-30-36(3,21-18-31(40)37-4)26-12-7-8-13-27(26)38(30)22-19-32(41)42/h5-17,30H,18-23H2,1-4H3,(H,37,40)(H,41,42)(H,43,44)/b15-9+,29-14+. The summed E-state index contributed by atoms with van der Waals surface area (Å²) in [5, 5.41) is 24.1. The molecule has 2 atom stereocenters. The number of carbonyl (C=O) groups is 3. The van der Waals surface area contributed by atoms with Gasteiger partial charge in [-0.2, -0.15) is 0 Å². The van der Waals surface area contributed by atoms with Gasteiger partial charge in [0.1, 0.15) is 0 Å². The number of aliphatic carboxylic acids is 2. The van der Waals surface area contributed by atoms with E-state index in [1.807, 2.05) is 36.4 Å². The Morgan fingerprint density at radius 1 is 0.864 bits per heavy atom. The molecule has 1 amide bonds. The number of benzene rings is 3. The minimum absolute atomic E-state index is 0.00185.